The van der Waals surface area contributed by atoms with E-state index in [4.69, 9.17) is 4.74 Å². The molecule has 1 aromatic heterocycles. The lowest BCUT2D eigenvalue weighted by molar-refractivity contribution is 0.428. The third-order valence-corrected chi connectivity index (χ3v) is 6.64. The molecule has 1 heterocycles. The monoisotopic (exact) mass is 484 g/mol. The number of hydrogen-bond donors (Lipinski definition) is 0. The Bertz CT molecular complexity index is 724. The Kier molecular flexibility index (Phi) is 7.83. The predicted octanol–water partition coefficient (Wildman–Crippen LogP) is 5.60. The molecule has 0 aliphatic heterocycles. The lowest BCUT2D eigenvalue weighted by Gasteiger charge is -2.23. The highest BCUT2D eigenvalue weighted by atomic mass is 79.9. The molecule has 2 aromatic rings. The second-order valence-corrected chi connectivity index (χ2v) is 8.64. The summed E-state index contributed by atoms with van der Waals surface area (Å²) >= 11 is 7.31. The summed E-state index contributed by atoms with van der Waals surface area (Å²) in [5.41, 5.74) is 1.04. The molecule has 7 heteroatoms. The third kappa shape index (κ3) is 5.39. The zero-order valence-electron chi connectivity index (χ0n) is 15.8. The lowest BCUT2D eigenvalue weighted by Crippen LogP contribution is -2.26. The molecular formula is C19H26Br2N4O. The maximum Gasteiger partial charge on any atom is 0.327 e. The maximum atomic E-state index is 6.08. The lowest BCUT2D eigenvalue weighted by atomic mass is 10.0. The Morgan fingerprint density at radius 2 is 1.88 bits per heavy atom. The van der Waals surface area contributed by atoms with Crippen LogP contribution in [-0.4, -0.2) is 33.4 Å². The average molecular weight is 486 g/mol. The third-order valence-electron chi connectivity index (χ3n) is 4.06. The standard InChI is InChI=1S/C19H26Br2N4O/c1-5-7-12-25(6-2)17-22-14(3)23-18(24-17)26-16-11-9-8-10-15(16)19(4,21)13-20/h8-11H,5-7,12-13H2,1-4H3. The number of unbranched alkanes of at least 4 members (excludes halogenated alkanes) is 1. The Labute approximate surface area is 172 Å². The van der Waals surface area contributed by atoms with Crippen molar-refractivity contribution >= 4 is 37.8 Å². The molecule has 0 radical (unpaired) electrons. The number of ether oxygens (including phenoxy) is 1. The first kappa shape index (κ1) is 21.1. The van der Waals surface area contributed by atoms with Gasteiger partial charge in [0.2, 0.25) is 5.95 Å². The van der Waals surface area contributed by atoms with Gasteiger partial charge in [-0.15, -0.1) is 0 Å². The fourth-order valence-corrected chi connectivity index (χ4v) is 3.17. The first-order valence-electron chi connectivity index (χ1n) is 8.91. The van der Waals surface area contributed by atoms with Crippen molar-refractivity contribution in [2.24, 2.45) is 0 Å². The van der Waals surface area contributed by atoms with E-state index in [9.17, 15) is 0 Å². The largest absolute Gasteiger partial charge is 0.424 e. The molecule has 0 aliphatic rings. The van der Waals surface area contributed by atoms with Crippen LogP contribution in [0.4, 0.5) is 5.95 Å². The fourth-order valence-electron chi connectivity index (χ4n) is 2.54. The van der Waals surface area contributed by atoms with Gasteiger partial charge in [0, 0.05) is 24.0 Å². The minimum atomic E-state index is -0.245. The minimum absolute atomic E-state index is 0.245. The van der Waals surface area contributed by atoms with Crippen LogP contribution in [0, 0.1) is 6.92 Å². The van der Waals surface area contributed by atoms with Gasteiger partial charge in [0.1, 0.15) is 11.6 Å². The zero-order valence-corrected chi connectivity index (χ0v) is 19.0. The molecule has 0 saturated heterocycles. The molecule has 0 bridgehead atoms. The van der Waals surface area contributed by atoms with Crippen LogP contribution < -0.4 is 9.64 Å². The molecule has 0 saturated carbocycles. The minimum Gasteiger partial charge on any atom is -0.424 e. The summed E-state index contributed by atoms with van der Waals surface area (Å²) in [4.78, 5) is 15.6. The van der Waals surface area contributed by atoms with Gasteiger partial charge in [-0.25, -0.2) is 0 Å². The first-order valence-corrected chi connectivity index (χ1v) is 10.8. The Morgan fingerprint density at radius 3 is 2.54 bits per heavy atom. The van der Waals surface area contributed by atoms with Crippen LogP contribution >= 0.6 is 31.9 Å². The van der Waals surface area contributed by atoms with E-state index < -0.39 is 0 Å². The molecule has 1 unspecified atom stereocenters. The van der Waals surface area contributed by atoms with Crippen LogP contribution in [0.25, 0.3) is 0 Å². The zero-order chi connectivity index (χ0) is 19.2. The summed E-state index contributed by atoms with van der Waals surface area (Å²) in [6.07, 6.45) is 2.23. The number of nitrogens with zero attached hydrogens (tertiary/aromatic N) is 4. The molecule has 5 nitrogen and oxygen atoms in total. The van der Waals surface area contributed by atoms with E-state index in [0.29, 0.717) is 17.8 Å². The molecule has 2 rings (SSSR count). The highest BCUT2D eigenvalue weighted by Crippen LogP contribution is 2.39. The van der Waals surface area contributed by atoms with Crippen molar-refractivity contribution in [3.8, 4) is 11.8 Å². The maximum absolute atomic E-state index is 6.08. The van der Waals surface area contributed by atoms with Crippen molar-refractivity contribution in [2.45, 2.75) is 44.9 Å². The summed E-state index contributed by atoms with van der Waals surface area (Å²) in [7, 11) is 0. The second kappa shape index (κ2) is 9.65. The van der Waals surface area contributed by atoms with E-state index in [2.05, 4.69) is 72.5 Å². The molecule has 0 N–H and O–H groups in total. The molecule has 0 spiro atoms. The predicted molar refractivity (Wildman–Crippen MR) is 114 cm³/mol. The van der Waals surface area contributed by atoms with Crippen molar-refractivity contribution < 1.29 is 4.74 Å². The molecule has 142 valence electrons. The number of aromatic nitrogens is 3. The Hall–Kier alpha value is -1.21. The highest BCUT2D eigenvalue weighted by Gasteiger charge is 2.26. The van der Waals surface area contributed by atoms with Crippen LogP contribution in [0.15, 0.2) is 24.3 Å². The van der Waals surface area contributed by atoms with Crippen LogP contribution in [0.5, 0.6) is 11.8 Å². The summed E-state index contributed by atoms with van der Waals surface area (Å²) in [6, 6.07) is 8.25. The van der Waals surface area contributed by atoms with Gasteiger partial charge in [0.15, 0.2) is 0 Å². The summed E-state index contributed by atoms with van der Waals surface area (Å²) < 4.78 is 5.83. The van der Waals surface area contributed by atoms with Crippen LogP contribution in [-0.2, 0) is 4.32 Å². The quantitative estimate of drug-likeness (QED) is 0.432. The van der Waals surface area contributed by atoms with E-state index in [-0.39, 0.29) is 4.32 Å². The van der Waals surface area contributed by atoms with Gasteiger partial charge in [0.25, 0.3) is 0 Å². The summed E-state index contributed by atoms with van der Waals surface area (Å²) in [6.45, 7) is 10.0. The summed E-state index contributed by atoms with van der Waals surface area (Å²) in [5, 5.41) is 0.752. The Morgan fingerprint density at radius 1 is 1.15 bits per heavy atom. The van der Waals surface area contributed by atoms with E-state index in [1.165, 1.54) is 0 Å². The van der Waals surface area contributed by atoms with Gasteiger partial charge in [-0.05, 0) is 33.3 Å². The van der Waals surface area contributed by atoms with E-state index in [1.54, 1.807) is 0 Å². The van der Waals surface area contributed by atoms with Crippen molar-refractivity contribution in [2.75, 3.05) is 23.3 Å². The summed E-state index contributed by atoms with van der Waals surface area (Å²) in [5.74, 6) is 2.06. The highest BCUT2D eigenvalue weighted by molar-refractivity contribution is 9.12. The van der Waals surface area contributed by atoms with Gasteiger partial charge in [-0.2, -0.15) is 15.0 Å². The number of hydrogen-bond acceptors (Lipinski definition) is 5. The normalized spacial score (nSPS) is 13.3. The fraction of sp³-hybridized carbons (Fsp3) is 0.526. The van der Waals surface area contributed by atoms with Gasteiger partial charge in [-0.1, -0.05) is 63.4 Å². The van der Waals surface area contributed by atoms with Gasteiger partial charge in [0.05, 0.1) is 4.32 Å². The molecule has 26 heavy (non-hydrogen) atoms. The average Bonchev–Trinajstić information content (AvgIpc) is 2.62. The van der Waals surface area contributed by atoms with Crippen molar-refractivity contribution in [1.82, 2.24) is 15.0 Å². The van der Waals surface area contributed by atoms with Gasteiger partial charge in [-0.3, -0.25) is 0 Å². The molecule has 0 aliphatic carbocycles. The molecule has 0 amide bonds. The van der Waals surface area contributed by atoms with Crippen molar-refractivity contribution in [3.63, 3.8) is 0 Å². The molecule has 1 aromatic carbocycles. The first-order chi connectivity index (χ1) is 12.4. The van der Waals surface area contributed by atoms with Gasteiger partial charge >= 0.3 is 6.01 Å². The van der Waals surface area contributed by atoms with Crippen LogP contribution in [0.2, 0.25) is 0 Å². The number of anilines is 1. The second-order valence-electron chi connectivity index (χ2n) is 6.33. The number of alkyl halides is 2. The smallest absolute Gasteiger partial charge is 0.327 e. The van der Waals surface area contributed by atoms with E-state index >= 15 is 0 Å². The number of para-hydroxylation sites is 1. The number of halogens is 2. The SMILES string of the molecule is CCCCN(CC)c1nc(C)nc(Oc2ccccc2C(C)(Br)CBr)n1. The number of benzene rings is 1. The Balaban J connectivity index is 2.34. The topological polar surface area (TPSA) is 51.1 Å². The molecule has 1 atom stereocenters. The van der Waals surface area contributed by atoms with Gasteiger partial charge < -0.3 is 9.64 Å². The number of aryl methyl sites for hydroxylation is 1. The van der Waals surface area contributed by atoms with Crippen molar-refractivity contribution in [3.05, 3.63) is 35.7 Å². The molecular weight excluding hydrogens is 460 g/mol. The van der Waals surface area contributed by atoms with E-state index in [1.807, 2.05) is 31.2 Å². The van der Waals surface area contributed by atoms with Crippen molar-refractivity contribution in [1.29, 1.82) is 0 Å². The van der Waals surface area contributed by atoms with Crippen LogP contribution in [0.3, 0.4) is 0 Å². The van der Waals surface area contributed by atoms with E-state index in [0.717, 1.165) is 42.6 Å². The number of rotatable bonds is 9. The molecule has 0 fully saturated rings. The van der Waals surface area contributed by atoms with Crippen LogP contribution in [0.1, 0.15) is 45.0 Å².